The molecule has 0 radical (unpaired) electrons. The van der Waals surface area contributed by atoms with Crippen LogP contribution in [0.2, 0.25) is 0 Å². The summed E-state index contributed by atoms with van der Waals surface area (Å²) in [7, 11) is 3.88. The minimum Gasteiger partial charge on any atom is -0.277 e. The van der Waals surface area contributed by atoms with Crippen LogP contribution < -0.4 is 0 Å². The molecule has 0 aliphatic rings. The normalized spacial score (nSPS) is 11.7. The predicted molar refractivity (Wildman–Crippen MR) is 83.1 cm³/mol. The Labute approximate surface area is 128 Å². The number of hydrogen-bond acceptors (Lipinski definition) is 3. The maximum atomic E-state index is 5.95. The Morgan fingerprint density at radius 2 is 2.00 bits per heavy atom. The Bertz CT molecular complexity index is 794. The van der Waals surface area contributed by atoms with Gasteiger partial charge in [-0.25, -0.2) is 9.67 Å². The van der Waals surface area contributed by atoms with Crippen molar-refractivity contribution >= 4 is 22.8 Å². The Balaban J connectivity index is 2.35. The molecule has 3 aromatic heterocycles. The third kappa shape index (κ3) is 2.14. The summed E-state index contributed by atoms with van der Waals surface area (Å²) in [6.07, 6.45) is 3.58. The Morgan fingerprint density at radius 1 is 1.24 bits per heavy atom. The van der Waals surface area contributed by atoms with Crippen molar-refractivity contribution in [2.45, 2.75) is 26.7 Å². The lowest BCUT2D eigenvalue weighted by Gasteiger charge is -2.07. The van der Waals surface area contributed by atoms with Gasteiger partial charge in [-0.15, -0.1) is 11.6 Å². The first-order valence-electron chi connectivity index (χ1n) is 7.06. The second-order valence-electron chi connectivity index (χ2n) is 5.17. The maximum Gasteiger partial charge on any atom is 0.163 e. The van der Waals surface area contributed by atoms with Crippen LogP contribution in [0.15, 0.2) is 6.20 Å². The molecule has 7 heteroatoms. The van der Waals surface area contributed by atoms with Crippen molar-refractivity contribution in [3.8, 4) is 5.69 Å². The summed E-state index contributed by atoms with van der Waals surface area (Å²) >= 11 is 5.95. The molecule has 0 fully saturated rings. The van der Waals surface area contributed by atoms with Gasteiger partial charge < -0.3 is 0 Å². The topological polar surface area (TPSA) is 53.5 Å². The molecule has 112 valence electrons. The van der Waals surface area contributed by atoms with Gasteiger partial charge in [0, 0.05) is 32.6 Å². The summed E-state index contributed by atoms with van der Waals surface area (Å²) in [4.78, 5) is 4.78. The Kier molecular flexibility index (Phi) is 3.49. The molecule has 0 aromatic carbocycles. The van der Waals surface area contributed by atoms with Gasteiger partial charge in [0.15, 0.2) is 5.65 Å². The lowest BCUT2D eigenvalue weighted by molar-refractivity contribution is 0.739. The number of halogens is 1. The van der Waals surface area contributed by atoms with Gasteiger partial charge >= 0.3 is 0 Å². The van der Waals surface area contributed by atoms with E-state index < -0.39 is 0 Å². The molecule has 0 unspecified atom stereocenters. The highest BCUT2D eigenvalue weighted by atomic mass is 35.5. The van der Waals surface area contributed by atoms with Crippen molar-refractivity contribution < 1.29 is 0 Å². The number of fused-ring (bicyclic) bond motifs is 1. The summed E-state index contributed by atoms with van der Waals surface area (Å²) in [6.45, 7) is 4.10. The third-order valence-corrected chi connectivity index (χ3v) is 3.84. The predicted octanol–water partition coefficient (Wildman–Crippen LogP) is 2.14. The molecule has 3 heterocycles. The number of alkyl halides is 1. The van der Waals surface area contributed by atoms with E-state index in [2.05, 4.69) is 21.7 Å². The minimum atomic E-state index is 0.539. The smallest absolute Gasteiger partial charge is 0.163 e. The van der Waals surface area contributed by atoms with Crippen LogP contribution in [-0.2, 0) is 26.9 Å². The molecule has 0 N–H and O–H groups in total. The molecule has 6 nitrogen and oxygen atoms in total. The summed E-state index contributed by atoms with van der Waals surface area (Å²) in [5.74, 6) is 1.50. The monoisotopic (exact) mass is 306 g/mol. The zero-order valence-corrected chi connectivity index (χ0v) is 13.5. The second-order valence-corrected chi connectivity index (χ2v) is 5.55. The summed E-state index contributed by atoms with van der Waals surface area (Å²) in [6, 6.07) is 0. The van der Waals surface area contributed by atoms with Gasteiger partial charge in [0.1, 0.15) is 11.3 Å². The highest BCUT2D eigenvalue weighted by molar-refractivity contribution is 6.17. The molecule has 0 bridgehead atoms. The van der Waals surface area contributed by atoms with Gasteiger partial charge in [-0.3, -0.25) is 9.25 Å². The van der Waals surface area contributed by atoms with Gasteiger partial charge in [-0.05, 0) is 13.3 Å². The number of nitrogens with zero attached hydrogens (tertiary/aromatic N) is 6. The number of rotatable bonds is 4. The minimum absolute atomic E-state index is 0.539. The fraction of sp³-hybridized carbons (Fsp3) is 0.500. The summed E-state index contributed by atoms with van der Waals surface area (Å²) in [5.41, 5.74) is 4.98. The molecule has 0 atom stereocenters. The van der Waals surface area contributed by atoms with Crippen LogP contribution in [0.3, 0.4) is 0 Å². The SMILES string of the molecule is CCc1nn(C)c2c1nc(CCCl)n2-c1cn(C)nc1C. The number of aryl methyl sites for hydroxylation is 5. The maximum absolute atomic E-state index is 5.95. The Morgan fingerprint density at radius 3 is 2.57 bits per heavy atom. The zero-order valence-electron chi connectivity index (χ0n) is 12.8. The van der Waals surface area contributed by atoms with Crippen molar-refractivity contribution in [1.82, 2.24) is 29.1 Å². The lowest BCUT2D eigenvalue weighted by atomic mass is 10.3. The first kappa shape index (κ1) is 14.1. The highest BCUT2D eigenvalue weighted by Crippen LogP contribution is 2.26. The molecular formula is C14H19ClN6. The molecule has 0 saturated heterocycles. The molecule has 3 aromatic rings. The van der Waals surface area contributed by atoms with Crippen LogP contribution in [0.25, 0.3) is 16.9 Å². The second kappa shape index (κ2) is 5.18. The standard InChI is InChI=1S/C14H19ClN6/c1-5-10-13-14(20(4)18-10)21(12(16-13)6-7-15)11-8-19(3)17-9(11)2/h8H,5-7H2,1-4H3. The first-order chi connectivity index (χ1) is 10.1. The van der Waals surface area contributed by atoms with Crippen LogP contribution in [0.4, 0.5) is 0 Å². The van der Waals surface area contributed by atoms with Gasteiger partial charge in [-0.1, -0.05) is 6.92 Å². The van der Waals surface area contributed by atoms with Crippen molar-refractivity contribution in [1.29, 1.82) is 0 Å². The number of aromatic nitrogens is 6. The van der Waals surface area contributed by atoms with E-state index in [1.165, 1.54) is 0 Å². The number of hydrogen-bond donors (Lipinski definition) is 0. The van der Waals surface area contributed by atoms with Crippen molar-refractivity contribution in [3.63, 3.8) is 0 Å². The quantitative estimate of drug-likeness (QED) is 0.694. The molecular weight excluding hydrogens is 288 g/mol. The van der Waals surface area contributed by atoms with Crippen LogP contribution in [0.5, 0.6) is 0 Å². The molecule has 0 spiro atoms. The van der Waals surface area contributed by atoms with E-state index in [4.69, 9.17) is 16.6 Å². The summed E-state index contributed by atoms with van der Waals surface area (Å²) < 4.78 is 5.84. The van der Waals surface area contributed by atoms with Crippen LogP contribution in [-0.4, -0.2) is 35.0 Å². The van der Waals surface area contributed by atoms with Crippen LogP contribution in [0.1, 0.15) is 24.1 Å². The molecule has 0 amide bonds. The average molecular weight is 307 g/mol. The van der Waals surface area contributed by atoms with E-state index >= 15 is 0 Å². The van der Waals surface area contributed by atoms with Gasteiger partial charge in [-0.2, -0.15) is 10.2 Å². The molecule has 3 rings (SSSR count). The Hall–Kier alpha value is -1.82. The van der Waals surface area contributed by atoms with Gasteiger partial charge in [0.25, 0.3) is 0 Å². The average Bonchev–Trinajstić information content (AvgIpc) is 3.05. The fourth-order valence-corrected chi connectivity index (χ4v) is 2.94. The molecule has 0 aliphatic carbocycles. The largest absolute Gasteiger partial charge is 0.277 e. The fourth-order valence-electron chi connectivity index (χ4n) is 2.77. The van der Waals surface area contributed by atoms with E-state index in [0.717, 1.165) is 40.5 Å². The van der Waals surface area contributed by atoms with Crippen LogP contribution >= 0.6 is 11.6 Å². The number of imidazole rings is 1. The third-order valence-electron chi connectivity index (χ3n) is 3.65. The molecule has 0 aliphatic heterocycles. The van der Waals surface area contributed by atoms with E-state index in [9.17, 15) is 0 Å². The van der Waals surface area contributed by atoms with E-state index in [0.29, 0.717) is 12.3 Å². The zero-order chi connectivity index (χ0) is 15.1. The van der Waals surface area contributed by atoms with E-state index in [1.807, 2.05) is 36.6 Å². The van der Waals surface area contributed by atoms with E-state index in [1.54, 1.807) is 0 Å². The van der Waals surface area contributed by atoms with Gasteiger partial charge in [0.2, 0.25) is 0 Å². The molecule has 21 heavy (non-hydrogen) atoms. The van der Waals surface area contributed by atoms with Crippen molar-refractivity contribution in [3.05, 3.63) is 23.4 Å². The van der Waals surface area contributed by atoms with Crippen molar-refractivity contribution in [2.24, 2.45) is 14.1 Å². The lowest BCUT2D eigenvalue weighted by Crippen LogP contribution is -2.06. The van der Waals surface area contributed by atoms with Gasteiger partial charge in [0.05, 0.1) is 17.1 Å². The van der Waals surface area contributed by atoms with Crippen LogP contribution in [0, 0.1) is 6.92 Å². The first-order valence-corrected chi connectivity index (χ1v) is 7.60. The molecule has 0 saturated carbocycles. The summed E-state index contributed by atoms with van der Waals surface area (Å²) in [5, 5.41) is 9.00. The van der Waals surface area contributed by atoms with E-state index in [-0.39, 0.29) is 0 Å². The highest BCUT2D eigenvalue weighted by Gasteiger charge is 2.21. The van der Waals surface area contributed by atoms with Crippen molar-refractivity contribution in [2.75, 3.05) is 5.88 Å².